The van der Waals surface area contributed by atoms with Gasteiger partial charge in [0.1, 0.15) is 0 Å². The number of quaternary nitrogens is 1. The number of halogens is 9. The molecule has 0 aromatic rings. The van der Waals surface area contributed by atoms with Crippen molar-refractivity contribution < 1.29 is 68.6 Å². The molecule has 0 saturated carbocycles. The van der Waals surface area contributed by atoms with Crippen LogP contribution in [0.4, 0.5) is 39.5 Å². The first-order valence-corrected chi connectivity index (χ1v) is 8.81. The predicted molar refractivity (Wildman–Crippen MR) is 59.1 cm³/mol. The SMILES string of the molecule is C[N+]([O-])(S(=O)(=O)C(F)(F)F)S(=O)(=O)C(F)(F)C(F)(F)C(F)(F)S(=O)O. The normalized spacial score (nSPS) is 19.4. The third kappa shape index (κ3) is 3.01. The van der Waals surface area contributed by atoms with Gasteiger partial charge in [0.05, 0.1) is 7.05 Å². The van der Waals surface area contributed by atoms with E-state index >= 15 is 0 Å². The van der Waals surface area contributed by atoms with E-state index in [-0.39, 0.29) is 0 Å². The van der Waals surface area contributed by atoms with Crippen molar-refractivity contribution in [3.8, 4) is 0 Å². The Morgan fingerprint density at radius 2 is 1.20 bits per heavy atom. The molecule has 25 heavy (non-hydrogen) atoms. The van der Waals surface area contributed by atoms with Crippen LogP contribution in [-0.4, -0.2) is 58.0 Å². The summed E-state index contributed by atoms with van der Waals surface area (Å²) in [6.07, 6.45) is 0. The molecule has 1 N–H and O–H groups in total. The summed E-state index contributed by atoms with van der Waals surface area (Å²) >= 11 is -5.20. The quantitative estimate of drug-likeness (QED) is 0.274. The molecule has 0 aliphatic carbocycles. The molecule has 20 heteroatoms. The molecule has 152 valence electrons. The average molecular weight is 457 g/mol. The Morgan fingerprint density at radius 1 is 0.880 bits per heavy atom. The number of sulfonamides is 2. The van der Waals surface area contributed by atoms with Crippen molar-refractivity contribution in [1.29, 1.82) is 0 Å². The maximum absolute atomic E-state index is 13.3. The molecule has 0 aromatic heterocycles. The van der Waals surface area contributed by atoms with Gasteiger partial charge in [-0.25, -0.2) is 4.21 Å². The van der Waals surface area contributed by atoms with Gasteiger partial charge in [-0.15, -0.1) is 3.46 Å². The summed E-state index contributed by atoms with van der Waals surface area (Å²) in [6.45, 7) is 0. The predicted octanol–water partition coefficient (Wildman–Crippen LogP) is 1.15. The van der Waals surface area contributed by atoms with Gasteiger partial charge in [-0.05, 0) is 0 Å². The van der Waals surface area contributed by atoms with Gasteiger partial charge in [0.2, 0.25) is 11.1 Å². The topological polar surface area (TPSA) is 129 Å². The first kappa shape index (κ1) is 24.3. The Hall–Kier alpha value is -0.700. The van der Waals surface area contributed by atoms with E-state index in [1.807, 2.05) is 0 Å². The van der Waals surface area contributed by atoms with Crippen LogP contribution in [0, 0.1) is 5.21 Å². The zero-order valence-corrected chi connectivity index (χ0v) is 13.4. The van der Waals surface area contributed by atoms with Crippen molar-refractivity contribution in [1.82, 2.24) is 0 Å². The van der Waals surface area contributed by atoms with Gasteiger partial charge in [0, 0.05) is 0 Å². The maximum Gasteiger partial charge on any atom is 0.551 e. The minimum Gasteiger partial charge on any atom is -0.601 e. The van der Waals surface area contributed by atoms with Crippen molar-refractivity contribution in [2.24, 2.45) is 0 Å². The first-order valence-electron chi connectivity index (χ1n) is 4.82. The lowest BCUT2D eigenvalue weighted by molar-refractivity contribution is -0.594. The third-order valence-corrected chi connectivity index (χ3v) is 7.55. The lowest BCUT2D eigenvalue weighted by Crippen LogP contribution is -2.67. The van der Waals surface area contributed by atoms with Crippen LogP contribution in [0.5, 0.6) is 0 Å². The molecule has 0 aliphatic heterocycles. The Balaban J connectivity index is 6.78. The van der Waals surface area contributed by atoms with E-state index < -0.39 is 63.6 Å². The molecule has 0 fully saturated rings. The standard InChI is InChI=1S/C5H4F9NO7S3/c1-15(16,25(21,22)5(12,13)14)24(19,20)4(10,11)2(6,7)3(8,9)23(17)18/h1H3,(H,17,18). The van der Waals surface area contributed by atoms with Crippen LogP contribution in [0.2, 0.25) is 0 Å². The van der Waals surface area contributed by atoms with Crippen molar-refractivity contribution in [2.75, 3.05) is 7.05 Å². The van der Waals surface area contributed by atoms with E-state index in [0.717, 1.165) is 0 Å². The molecule has 0 bridgehead atoms. The second-order valence-electron chi connectivity index (χ2n) is 4.02. The Morgan fingerprint density at radius 3 is 1.44 bits per heavy atom. The first-order chi connectivity index (χ1) is 10.4. The minimum atomic E-state index is -8.19. The van der Waals surface area contributed by atoms with Crippen LogP contribution in [0.15, 0.2) is 0 Å². The fraction of sp³-hybridized carbons (Fsp3) is 1.00. The van der Waals surface area contributed by atoms with Crippen LogP contribution in [-0.2, 0) is 31.1 Å². The van der Waals surface area contributed by atoms with E-state index in [0.29, 0.717) is 0 Å². The van der Waals surface area contributed by atoms with Crippen LogP contribution in [0.25, 0.3) is 0 Å². The zero-order valence-electron chi connectivity index (χ0n) is 11.0. The largest absolute Gasteiger partial charge is 0.601 e. The number of hydrogen-bond donors (Lipinski definition) is 1. The van der Waals surface area contributed by atoms with E-state index in [9.17, 15) is 65.8 Å². The van der Waals surface area contributed by atoms with Crippen molar-refractivity contribution in [3.05, 3.63) is 5.21 Å². The molecule has 0 heterocycles. The van der Waals surface area contributed by atoms with Gasteiger partial charge in [-0.3, -0.25) is 0 Å². The zero-order chi connectivity index (χ0) is 21.1. The molecule has 0 aliphatic rings. The number of nitrogens with zero attached hydrogens (tertiary/aromatic N) is 1. The van der Waals surface area contributed by atoms with Crippen LogP contribution in [0.1, 0.15) is 0 Å². The number of hydrogen-bond acceptors (Lipinski definition) is 6. The fourth-order valence-electron chi connectivity index (χ4n) is 0.967. The van der Waals surface area contributed by atoms with Crippen molar-refractivity contribution in [3.63, 3.8) is 0 Å². The Labute approximate surface area is 134 Å². The lowest BCUT2D eigenvalue weighted by atomic mass is 10.3. The average Bonchev–Trinajstić information content (AvgIpc) is 2.35. The fourth-order valence-corrected chi connectivity index (χ4v) is 4.19. The molecular formula is C5H4F9NO7S3. The van der Waals surface area contributed by atoms with Crippen molar-refractivity contribution >= 4 is 31.1 Å². The summed E-state index contributed by atoms with van der Waals surface area (Å²) in [5.74, 6) is -7.45. The van der Waals surface area contributed by atoms with Gasteiger partial charge in [-0.1, -0.05) is 0 Å². The van der Waals surface area contributed by atoms with E-state index in [1.165, 1.54) is 0 Å². The Kier molecular flexibility index (Phi) is 5.74. The monoisotopic (exact) mass is 457 g/mol. The summed E-state index contributed by atoms with van der Waals surface area (Å²) in [6, 6.07) is 0. The molecule has 2 atom stereocenters. The highest BCUT2D eigenvalue weighted by Crippen LogP contribution is 2.52. The highest BCUT2D eigenvalue weighted by Gasteiger charge is 2.84. The molecule has 0 spiro atoms. The Bertz CT molecular complexity index is 768. The second-order valence-corrected chi connectivity index (χ2v) is 9.54. The summed E-state index contributed by atoms with van der Waals surface area (Å²) in [7, 11) is -17.1. The highest BCUT2D eigenvalue weighted by molar-refractivity contribution is 7.99. The molecule has 2 unspecified atom stereocenters. The molecule has 0 saturated heterocycles. The number of rotatable bonds is 6. The molecule has 0 amide bonds. The third-order valence-electron chi connectivity index (χ3n) is 2.44. The van der Waals surface area contributed by atoms with E-state index in [2.05, 4.69) is 0 Å². The summed E-state index contributed by atoms with van der Waals surface area (Å²) in [5, 5.41) is -3.09. The minimum absolute atomic E-state index is 1.20. The lowest BCUT2D eigenvalue weighted by Gasteiger charge is -2.39. The molecule has 0 radical (unpaired) electrons. The van der Waals surface area contributed by atoms with Crippen LogP contribution < -0.4 is 0 Å². The molecular weight excluding hydrogens is 453 g/mol. The van der Waals surface area contributed by atoms with Gasteiger partial charge >= 0.3 is 42.0 Å². The maximum atomic E-state index is 13.3. The van der Waals surface area contributed by atoms with E-state index in [1.54, 1.807) is 0 Å². The van der Waals surface area contributed by atoms with Gasteiger partial charge < -0.3 is 9.76 Å². The van der Waals surface area contributed by atoms with Gasteiger partial charge in [0.25, 0.3) is 0 Å². The van der Waals surface area contributed by atoms with Crippen LogP contribution >= 0.6 is 0 Å². The summed E-state index contributed by atoms with van der Waals surface area (Å²) in [5.41, 5.74) is -6.87. The smallest absolute Gasteiger partial charge is 0.551 e. The number of hydroxylamine groups is 1. The highest BCUT2D eigenvalue weighted by atomic mass is 32.3. The molecule has 0 aromatic carbocycles. The van der Waals surface area contributed by atoms with Crippen LogP contribution in [0.3, 0.4) is 0 Å². The molecule has 0 rings (SSSR count). The van der Waals surface area contributed by atoms with Gasteiger partial charge in [0.15, 0.2) is 0 Å². The summed E-state index contributed by atoms with van der Waals surface area (Å²) in [4.78, 5) is 0. The van der Waals surface area contributed by atoms with Gasteiger partial charge in [-0.2, -0.15) is 56.3 Å². The summed E-state index contributed by atoms with van der Waals surface area (Å²) < 4.78 is 171. The second kappa shape index (κ2) is 5.90. The number of alkyl halides is 9. The van der Waals surface area contributed by atoms with E-state index in [4.69, 9.17) is 4.55 Å². The van der Waals surface area contributed by atoms with Crippen molar-refractivity contribution in [2.45, 2.75) is 21.9 Å². The molecule has 8 nitrogen and oxygen atoms in total.